The summed E-state index contributed by atoms with van der Waals surface area (Å²) in [6, 6.07) is 11.7. The first-order chi connectivity index (χ1) is 15.5. The number of nitrogens with one attached hydrogen (secondary N) is 1. The van der Waals surface area contributed by atoms with Gasteiger partial charge in [-0.2, -0.15) is 0 Å². The van der Waals surface area contributed by atoms with E-state index in [2.05, 4.69) is 10.3 Å². The van der Waals surface area contributed by atoms with E-state index >= 15 is 0 Å². The summed E-state index contributed by atoms with van der Waals surface area (Å²) in [6.07, 6.45) is 0. The minimum absolute atomic E-state index is 0.159. The number of hydrogen-bond acceptors (Lipinski definition) is 6. The van der Waals surface area contributed by atoms with Crippen LogP contribution < -0.4 is 10.9 Å². The lowest BCUT2D eigenvalue weighted by molar-refractivity contribution is -0.157. The van der Waals surface area contributed by atoms with E-state index in [0.29, 0.717) is 33.9 Å². The second-order valence-corrected chi connectivity index (χ2v) is 8.77. The molecule has 0 saturated carbocycles. The summed E-state index contributed by atoms with van der Waals surface area (Å²) in [5, 5.41) is 12.4. The lowest BCUT2D eigenvalue weighted by Gasteiger charge is -2.18. The second-order valence-electron chi connectivity index (χ2n) is 8.37. The lowest BCUT2D eigenvalue weighted by Crippen LogP contribution is -2.30. The van der Waals surface area contributed by atoms with Gasteiger partial charge < -0.3 is 15.2 Å². The van der Waals surface area contributed by atoms with Crippen molar-refractivity contribution in [3.63, 3.8) is 0 Å². The van der Waals surface area contributed by atoms with Crippen molar-refractivity contribution in [3.8, 4) is 0 Å². The van der Waals surface area contributed by atoms with Crippen LogP contribution >= 0.6 is 11.6 Å². The van der Waals surface area contributed by atoms with Crippen molar-refractivity contribution in [1.82, 2.24) is 14.9 Å². The molecule has 0 atom stereocenters. The van der Waals surface area contributed by atoms with E-state index < -0.39 is 11.4 Å². The normalized spacial score (nSPS) is 11.0. The molecule has 176 valence electrons. The summed E-state index contributed by atoms with van der Waals surface area (Å²) in [7, 11) is 1.80. The van der Waals surface area contributed by atoms with Crippen LogP contribution in [-0.2, 0) is 22.8 Å². The molecule has 0 aliphatic rings. The number of halogens is 1. The number of aryl methyl sites for hydroxylation is 1. The van der Waals surface area contributed by atoms with Gasteiger partial charge in [0.1, 0.15) is 5.82 Å². The van der Waals surface area contributed by atoms with E-state index in [4.69, 9.17) is 21.4 Å². The van der Waals surface area contributed by atoms with Crippen LogP contribution in [0.15, 0.2) is 47.3 Å². The van der Waals surface area contributed by atoms with Gasteiger partial charge >= 0.3 is 11.9 Å². The van der Waals surface area contributed by atoms with Crippen molar-refractivity contribution in [2.75, 3.05) is 7.05 Å². The molecule has 1 aromatic heterocycles. The number of aromatic carboxylic acids is 1. The molecule has 0 bridgehead atoms. The molecular weight excluding hydrogens is 446 g/mol. The van der Waals surface area contributed by atoms with Crippen LogP contribution in [0.5, 0.6) is 0 Å². The summed E-state index contributed by atoms with van der Waals surface area (Å²) in [6.45, 7) is 7.36. The molecule has 33 heavy (non-hydrogen) atoms. The SMILES string of the molecule is CNCc1cc2c(=O)n(COC(=O)C(C)(C)C)c(C)nc2cc1Cl.O=C(O)c1ccccc1. The molecule has 0 fully saturated rings. The second kappa shape index (κ2) is 11.1. The Bertz CT molecular complexity index is 1200. The summed E-state index contributed by atoms with van der Waals surface area (Å²) < 4.78 is 6.60. The Morgan fingerprint density at radius 2 is 1.82 bits per heavy atom. The van der Waals surface area contributed by atoms with Crippen LogP contribution in [-0.4, -0.2) is 33.6 Å². The molecule has 2 N–H and O–H groups in total. The predicted octanol–water partition coefficient (Wildman–Crippen LogP) is 4.01. The number of fused-ring (bicyclic) bond motifs is 1. The first kappa shape index (κ1) is 26.0. The van der Waals surface area contributed by atoms with Gasteiger partial charge in [-0.25, -0.2) is 9.78 Å². The highest BCUT2D eigenvalue weighted by molar-refractivity contribution is 6.32. The van der Waals surface area contributed by atoms with Crippen LogP contribution in [0.1, 0.15) is 42.5 Å². The van der Waals surface area contributed by atoms with E-state index in [0.717, 1.165) is 5.56 Å². The van der Waals surface area contributed by atoms with E-state index in [-0.39, 0.29) is 18.3 Å². The first-order valence-corrected chi connectivity index (χ1v) is 10.6. The van der Waals surface area contributed by atoms with Gasteiger partial charge in [0.25, 0.3) is 5.56 Å². The van der Waals surface area contributed by atoms with E-state index in [9.17, 15) is 14.4 Å². The number of benzene rings is 2. The van der Waals surface area contributed by atoms with Crippen molar-refractivity contribution in [2.24, 2.45) is 5.41 Å². The number of nitrogens with zero attached hydrogens (tertiary/aromatic N) is 2. The summed E-state index contributed by atoms with van der Waals surface area (Å²) in [5.41, 5.74) is 0.786. The Hall–Kier alpha value is -3.23. The van der Waals surface area contributed by atoms with Gasteiger partial charge in [-0.15, -0.1) is 0 Å². The Labute approximate surface area is 197 Å². The zero-order valence-corrected chi connectivity index (χ0v) is 20.1. The maximum absolute atomic E-state index is 12.7. The Balaban J connectivity index is 0.000000357. The maximum Gasteiger partial charge on any atom is 0.335 e. The smallest absolute Gasteiger partial charge is 0.335 e. The van der Waals surface area contributed by atoms with Crippen molar-refractivity contribution in [1.29, 1.82) is 0 Å². The molecular formula is C24H28ClN3O5. The molecule has 0 aliphatic carbocycles. The van der Waals surface area contributed by atoms with Crippen LogP contribution in [0, 0.1) is 12.3 Å². The van der Waals surface area contributed by atoms with Crippen LogP contribution in [0.4, 0.5) is 0 Å². The third-order valence-electron chi connectivity index (χ3n) is 4.64. The number of carboxylic acids is 1. The molecule has 0 saturated heterocycles. The molecule has 0 unspecified atom stereocenters. The topological polar surface area (TPSA) is 111 Å². The molecule has 3 aromatic rings. The molecule has 8 nitrogen and oxygen atoms in total. The summed E-state index contributed by atoms with van der Waals surface area (Å²) in [4.78, 5) is 39.3. The first-order valence-electron chi connectivity index (χ1n) is 10.3. The average molecular weight is 474 g/mol. The van der Waals surface area contributed by atoms with Crippen LogP contribution in [0.3, 0.4) is 0 Å². The number of carbonyl (C=O) groups excluding carboxylic acids is 1. The van der Waals surface area contributed by atoms with Gasteiger partial charge in [0.15, 0.2) is 6.73 Å². The monoisotopic (exact) mass is 473 g/mol. The molecule has 0 amide bonds. The van der Waals surface area contributed by atoms with Gasteiger partial charge in [0.2, 0.25) is 0 Å². The highest BCUT2D eigenvalue weighted by Crippen LogP contribution is 2.21. The fourth-order valence-corrected chi connectivity index (χ4v) is 3.02. The Morgan fingerprint density at radius 3 is 2.33 bits per heavy atom. The number of esters is 1. The molecule has 1 heterocycles. The van der Waals surface area contributed by atoms with E-state index in [1.165, 1.54) is 4.57 Å². The summed E-state index contributed by atoms with van der Waals surface area (Å²) >= 11 is 6.22. The fraction of sp³-hybridized carbons (Fsp3) is 0.333. The number of ether oxygens (including phenoxy) is 1. The molecule has 0 aliphatic heterocycles. The predicted molar refractivity (Wildman–Crippen MR) is 127 cm³/mol. The van der Waals surface area contributed by atoms with Crippen molar-refractivity contribution in [3.05, 3.63) is 74.8 Å². The Kier molecular flexibility index (Phi) is 8.73. The zero-order valence-electron chi connectivity index (χ0n) is 19.3. The molecule has 0 spiro atoms. The maximum atomic E-state index is 12.7. The molecule has 3 rings (SSSR count). The van der Waals surface area contributed by atoms with Gasteiger partial charge in [0, 0.05) is 11.6 Å². The zero-order chi connectivity index (χ0) is 24.8. The van der Waals surface area contributed by atoms with Gasteiger partial charge in [-0.1, -0.05) is 29.8 Å². The third kappa shape index (κ3) is 6.87. The molecule has 2 aromatic carbocycles. The molecule has 0 radical (unpaired) electrons. The minimum atomic E-state index is -0.879. The highest BCUT2D eigenvalue weighted by atomic mass is 35.5. The largest absolute Gasteiger partial charge is 0.478 e. The standard InChI is InChI=1S/C17H22ClN3O3.C7H6O2/c1-10-20-14-7-13(18)11(8-19-5)6-12(14)15(22)21(10)9-24-16(23)17(2,3)4;8-7(9)6-4-2-1-3-5-6/h6-7,19H,8-9H2,1-5H3;1-5H,(H,8,9). The van der Waals surface area contributed by atoms with Crippen molar-refractivity contribution >= 4 is 34.4 Å². The number of carboxylic acid groups (broad SMARTS) is 1. The van der Waals surface area contributed by atoms with Crippen LogP contribution in [0.2, 0.25) is 5.02 Å². The van der Waals surface area contributed by atoms with Crippen molar-refractivity contribution in [2.45, 2.75) is 41.0 Å². The third-order valence-corrected chi connectivity index (χ3v) is 4.99. The van der Waals surface area contributed by atoms with Gasteiger partial charge in [-0.3, -0.25) is 14.2 Å². The van der Waals surface area contributed by atoms with Gasteiger partial charge in [-0.05, 0) is 64.6 Å². The molecule has 9 heteroatoms. The minimum Gasteiger partial charge on any atom is -0.478 e. The van der Waals surface area contributed by atoms with E-state index in [1.807, 2.05) is 0 Å². The average Bonchev–Trinajstić information content (AvgIpc) is 2.75. The summed E-state index contributed by atoms with van der Waals surface area (Å²) in [5.74, 6) is -0.789. The Morgan fingerprint density at radius 1 is 1.18 bits per heavy atom. The number of rotatable bonds is 5. The highest BCUT2D eigenvalue weighted by Gasteiger charge is 2.23. The van der Waals surface area contributed by atoms with E-state index in [1.54, 1.807) is 77.2 Å². The number of aromatic nitrogens is 2. The number of hydrogen-bond donors (Lipinski definition) is 2. The lowest BCUT2D eigenvalue weighted by atomic mass is 9.98. The quantitative estimate of drug-likeness (QED) is 0.538. The van der Waals surface area contributed by atoms with Crippen molar-refractivity contribution < 1.29 is 19.4 Å². The van der Waals surface area contributed by atoms with Crippen LogP contribution in [0.25, 0.3) is 10.9 Å². The number of carbonyl (C=O) groups is 2. The fourth-order valence-electron chi connectivity index (χ4n) is 2.80. The van der Waals surface area contributed by atoms with Gasteiger partial charge in [0.05, 0.1) is 21.9 Å².